The van der Waals surface area contributed by atoms with Crippen LogP contribution in [-0.4, -0.2) is 26.9 Å². The molecule has 0 saturated carbocycles. The van der Waals surface area contributed by atoms with E-state index in [1.54, 1.807) is 0 Å². The van der Waals surface area contributed by atoms with Gasteiger partial charge in [0.05, 0.1) is 17.9 Å². The second-order valence-corrected chi connectivity index (χ2v) is 5.48. The first kappa shape index (κ1) is 13.6. The summed E-state index contributed by atoms with van der Waals surface area (Å²) >= 11 is 0. The van der Waals surface area contributed by atoms with Crippen LogP contribution in [-0.2, 0) is 20.0 Å². The van der Waals surface area contributed by atoms with Gasteiger partial charge in [0.1, 0.15) is 0 Å². The third-order valence-electron chi connectivity index (χ3n) is 4.03. The molecule has 1 fully saturated rings. The van der Waals surface area contributed by atoms with Gasteiger partial charge in [0.2, 0.25) is 0 Å². The summed E-state index contributed by atoms with van der Waals surface area (Å²) in [6, 6.07) is 3.46. The van der Waals surface area contributed by atoms with Crippen molar-refractivity contribution in [1.29, 1.82) is 0 Å². The third kappa shape index (κ3) is 2.93. The molecule has 1 saturated heterocycles. The van der Waals surface area contributed by atoms with Gasteiger partial charge in [0, 0.05) is 19.1 Å². The average molecular weight is 250 g/mol. The van der Waals surface area contributed by atoms with Crippen molar-refractivity contribution in [1.82, 2.24) is 20.2 Å². The first-order chi connectivity index (χ1) is 8.61. The molecule has 0 bridgehead atoms. The summed E-state index contributed by atoms with van der Waals surface area (Å²) in [7, 11) is 2.03. The molecule has 0 amide bonds. The van der Waals surface area contributed by atoms with E-state index in [2.05, 4.69) is 42.4 Å². The molecule has 1 aromatic heterocycles. The van der Waals surface area contributed by atoms with Crippen LogP contribution in [0.4, 0.5) is 0 Å². The molecule has 0 aromatic carbocycles. The standard InChI is InChI=1S/C14H26N4/c1-5-13-9-14(17(4)16-13)10-15-18-11(2)7-6-8-12(18)3/h9,11-12,15H,5-8,10H2,1-4H3. The maximum Gasteiger partial charge on any atom is 0.0625 e. The molecule has 102 valence electrons. The van der Waals surface area contributed by atoms with Crippen LogP contribution < -0.4 is 5.43 Å². The van der Waals surface area contributed by atoms with Gasteiger partial charge < -0.3 is 0 Å². The van der Waals surface area contributed by atoms with Gasteiger partial charge in [0.25, 0.3) is 0 Å². The van der Waals surface area contributed by atoms with E-state index in [4.69, 9.17) is 0 Å². The minimum absolute atomic E-state index is 0.632. The van der Waals surface area contributed by atoms with Crippen molar-refractivity contribution in [2.24, 2.45) is 7.05 Å². The summed E-state index contributed by atoms with van der Waals surface area (Å²) < 4.78 is 1.99. The van der Waals surface area contributed by atoms with E-state index in [1.807, 2.05) is 11.7 Å². The number of nitrogens with zero attached hydrogens (tertiary/aromatic N) is 3. The lowest BCUT2D eigenvalue weighted by Gasteiger charge is -2.39. The summed E-state index contributed by atoms with van der Waals surface area (Å²) in [6.07, 6.45) is 4.95. The number of hydrogen-bond acceptors (Lipinski definition) is 3. The number of hydrogen-bond donors (Lipinski definition) is 1. The Kier molecular flexibility index (Phi) is 4.40. The van der Waals surface area contributed by atoms with Crippen molar-refractivity contribution in [2.45, 2.75) is 65.1 Å². The van der Waals surface area contributed by atoms with Crippen molar-refractivity contribution >= 4 is 0 Å². The molecule has 18 heavy (non-hydrogen) atoms. The van der Waals surface area contributed by atoms with Gasteiger partial charge in [-0.15, -0.1) is 0 Å². The predicted molar refractivity (Wildman–Crippen MR) is 74.0 cm³/mol. The Labute approximate surface area is 110 Å². The van der Waals surface area contributed by atoms with E-state index in [1.165, 1.54) is 30.7 Å². The van der Waals surface area contributed by atoms with Crippen LogP contribution in [0, 0.1) is 0 Å². The second kappa shape index (κ2) is 5.85. The van der Waals surface area contributed by atoms with Gasteiger partial charge in [-0.1, -0.05) is 13.3 Å². The normalized spacial score (nSPS) is 25.6. The Morgan fingerprint density at radius 2 is 2.00 bits per heavy atom. The molecule has 1 aliphatic rings. The highest BCUT2D eigenvalue weighted by Crippen LogP contribution is 2.20. The molecule has 4 heteroatoms. The quantitative estimate of drug-likeness (QED) is 0.889. The van der Waals surface area contributed by atoms with E-state index in [-0.39, 0.29) is 0 Å². The van der Waals surface area contributed by atoms with Gasteiger partial charge >= 0.3 is 0 Å². The lowest BCUT2D eigenvalue weighted by Crippen LogP contribution is -2.51. The van der Waals surface area contributed by atoms with Gasteiger partial charge in [-0.3, -0.25) is 4.68 Å². The Bertz CT molecular complexity index is 375. The highest BCUT2D eigenvalue weighted by atomic mass is 15.5. The van der Waals surface area contributed by atoms with Gasteiger partial charge in [0.15, 0.2) is 0 Å². The smallest absolute Gasteiger partial charge is 0.0625 e. The number of hydrazine groups is 1. The monoisotopic (exact) mass is 250 g/mol. The fourth-order valence-electron chi connectivity index (χ4n) is 2.81. The van der Waals surface area contributed by atoms with Crippen molar-refractivity contribution in [3.8, 4) is 0 Å². The number of aromatic nitrogens is 2. The van der Waals surface area contributed by atoms with E-state index in [0.29, 0.717) is 12.1 Å². The van der Waals surface area contributed by atoms with E-state index in [9.17, 15) is 0 Å². The lowest BCUT2D eigenvalue weighted by atomic mass is 10.00. The molecule has 2 atom stereocenters. The molecule has 1 N–H and O–H groups in total. The van der Waals surface area contributed by atoms with Crippen molar-refractivity contribution in [3.63, 3.8) is 0 Å². The van der Waals surface area contributed by atoms with Crippen LogP contribution in [0.1, 0.15) is 51.4 Å². The molecule has 1 aliphatic heterocycles. The molecule has 1 aromatic rings. The Hall–Kier alpha value is -0.870. The second-order valence-electron chi connectivity index (χ2n) is 5.48. The first-order valence-corrected chi connectivity index (χ1v) is 7.15. The fraction of sp³-hybridized carbons (Fsp3) is 0.786. The molecular weight excluding hydrogens is 224 g/mol. The van der Waals surface area contributed by atoms with Crippen LogP contribution >= 0.6 is 0 Å². The maximum absolute atomic E-state index is 4.49. The number of nitrogens with one attached hydrogen (secondary N) is 1. The summed E-state index contributed by atoms with van der Waals surface area (Å²) in [5, 5.41) is 6.91. The van der Waals surface area contributed by atoms with Crippen LogP contribution in [0.2, 0.25) is 0 Å². The number of rotatable bonds is 4. The zero-order chi connectivity index (χ0) is 13.1. The Balaban J connectivity index is 1.95. The van der Waals surface area contributed by atoms with Crippen LogP contribution in [0.3, 0.4) is 0 Å². The molecular formula is C14H26N4. The molecule has 2 heterocycles. The van der Waals surface area contributed by atoms with Crippen molar-refractivity contribution < 1.29 is 0 Å². The molecule has 0 aliphatic carbocycles. The highest BCUT2D eigenvalue weighted by Gasteiger charge is 2.24. The summed E-state index contributed by atoms with van der Waals surface area (Å²) in [6.45, 7) is 7.64. The fourth-order valence-corrected chi connectivity index (χ4v) is 2.81. The Morgan fingerprint density at radius 3 is 2.56 bits per heavy atom. The largest absolute Gasteiger partial charge is 0.271 e. The topological polar surface area (TPSA) is 33.1 Å². The van der Waals surface area contributed by atoms with Crippen LogP contribution in [0.15, 0.2) is 6.07 Å². The first-order valence-electron chi connectivity index (χ1n) is 7.15. The molecule has 2 unspecified atom stereocenters. The molecule has 0 spiro atoms. The van der Waals surface area contributed by atoms with Crippen molar-refractivity contribution in [3.05, 3.63) is 17.5 Å². The zero-order valence-corrected chi connectivity index (χ0v) is 12.1. The zero-order valence-electron chi connectivity index (χ0n) is 12.1. The van der Waals surface area contributed by atoms with Crippen LogP contribution in [0.5, 0.6) is 0 Å². The van der Waals surface area contributed by atoms with Gasteiger partial charge in [-0.2, -0.15) is 5.10 Å². The third-order valence-corrected chi connectivity index (χ3v) is 4.03. The number of aryl methyl sites for hydroxylation is 2. The molecule has 0 radical (unpaired) electrons. The van der Waals surface area contributed by atoms with Gasteiger partial charge in [-0.25, -0.2) is 10.4 Å². The minimum atomic E-state index is 0.632. The Morgan fingerprint density at radius 1 is 1.33 bits per heavy atom. The maximum atomic E-state index is 4.49. The number of piperidine rings is 1. The molecule has 4 nitrogen and oxygen atoms in total. The average Bonchev–Trinajstić information content (AvgIpc) is 2.70. The summed E-state index contributed by atoms with van der Waals surface area (Å²) in [5.41, 5.74) is 6.02. The van der Waals surface area contributed by atoms with E-state index >= 15 is 0 Å². The van der Waals surface area contributed by atoms with Crippen LogP contribution in [0.25, 0.3) is 0 Å². The SMILES string of the molecule is CCc1cc(CNN2C(C)CCCC2C)n(C)n1. The van der Waals surface area contributed by atoms with E-state index in [0.717, 1.165) is 13.0 Å². The van der Waals surface area contributed by atoms with E-state index < -0.39 is 0 Å². The van der Waals surface area contributed by atoms with Gasteiger partial charge in [-0.05, 0) is 39.2 Å². The molecule has 2 rings (SSSR count). The lowest BCUT2D eigenvalue weighted by molar-refractivity contribution is 0.0427. The predicted octanol–water partition coefficient (Wildman–Crippen LogP) is 2.25. The summed E-state index contributed by atoms with van der Waals surface area (Å²) in [5.74, 6) is 0. The van der Waals surface area contributed by atoms with Crippen molar-refractivity contribution in [2.75, 3.05) is 0 Å². The minimum Gasteiger partial charge on any atom is -0.271 e. The summed E-state index contributed by atoms with van der Waals surface area (Å²) in [4.78, 5) is 0. The highest BCUT2D eigenvalue weighted by molar-refractivity contribution is 5.09.